The highest BCUT2D eigenvalue weighted by Crippen LogP contribution is 2.30. The van der Waals surface area contributed by atoms with Gasteiger partial charge in [0, 0.05) is 5.56 Å². The maximum absolute atomic E-state index is 15.4. The van der Waals surface area contributed by atoms with Crippen molar-refractivity contribution < 1.29 is 102 Å². The van der Waals surface area contributed by atoms with Crippen LogP contribution in [0.1, 0.15) is 20.7 Å². The summed E-state index contributed by atoms with van der Waals surface area (Å²) in [4.78, 5) is 23.3. The maximum Gasteiger partial charge on any atom is 0.338 e. The summed E-state index contributed by atoms with van der Waals surface area (Å²) in [6, 6.07) is 6.76. The van der Waals surface area contributed by atoms with Gasteiger partial charge in [-0.2, -0.15) is 0 Å². The maximum atomic E-state index is 15.4. The average molecular weight is 918 g/mol. The number of carbonyl (C=O) groups is 2. The second-order valence-corrected chi connectivity index (χ2v) is 14.7. The van der Waals surface area contributed by atoms with Crippen molar-refractivity contribution in [3.05, 3.63) is 152 Å². The molecule has 3 nitrogen and oxygen atoms in total. The van der Waals surface area contributed by atoms with Crippen LogP contribution in [0, 0.1) is 116 Å². The van der Waals surface area contributed by atoms with Crippen LogP contribution in [0.4, 0.5) is 87.8 Å². The minimum Gasteiger partial charge on any atom is -0.465 e. The van der Waals surface area contributed by atoms with Crippen LogP contribution >= 0.6 is 0 Å². The summed E-state index contributed by atoms with van der Waals surface area (Å²) in [5.41, 5.74) is -13.5. The first kappa shape index (κ1) is 47.9. The van der Waals surface area contributed by atoms with Gasteiger partial charge in [-0.3, -0.25) is 4.79 Å². The molecule has 5 aromatic rings. The van der Waals surface area contributed by atoms with E-state index in [-0.39, 0.29) is 16.7 Å². The molecule has 0 unspecified atom stereocenters. The van der Waals surface area contributed by atoms with Crippen molar-refractivity contribution in [2.45, 2.75) is 0 Å². The average Bonchev–Trinajstić information content (AvgIpc) is 3.23. The molecule has 0 fully saturated rings. The van der Waals surface area contributed by atoms with Gasteiger partial charge in [0.05, 0.1) is 25.2 Å². The second kappa shape index (κ2) is 17.7. The number of halogens is 20. The van der Waals surface area contributed by atoms with Crippen LogP contribution in [0.5, 0.6) is 0 Å². The monoisotopic (exact) mass is 918 g/mol. The topological polar surface area (TPSA) is 43.4 Å². The van der Waals surface area contributed by atoms with Crippen LogP contribution in [-0.4, -0.2) is 43.3 Å². The molecule has 0 saturated heterocycles. The summed E-state index contributed by atoms with van der Waals surface area (Å²) in [5, 5.41) is 0. The Morgan fingerprint density at radius 2 is 0.623 bits per heavy atom. The van der Waals surface area contributed by atoms with Gasteiger partial charge in [-0.05, 0) is 17.0 Å². The molecule has 326 valence electrons. The van der Waals surface area contributed by atoms with E-state index in [9.17, 15) is 62.3 Å². The molecule has 5 rings (SSSR count). The summed E-state index contributed by atoms with van der Waals surface area (Å²) in [7, 11) is 1.34. The van der Waals surface area contributed by atoms with Crippen LogP contribution in [-0.2, 0) is 15.6 Å². The molecule has 61 heavy (non-hydrogen) atoms. The molecular formula is C36H15BF20O3S. The number of methoxy groups -OCH3 is 1. The van der Waals surface area contributed by atoms with Crippen molar-refractivity contribution in [3.8, 4) is 0 Å². The van der Waals surface area contributed by atoms with Crippen molar-refractivity contribution in [2.24, 2.45) is 0 Å². The van der Waals surface area contributed by atoms with Gasteiger partial charge in [-0.1, -0.05) is 18.2 Å². The normalized spacial score (nSPS) is 11.5. The van der Waals surface area contributed by atoms with Crippen molar-refractivity contribution in [1.82, 2.24) is 0 Å². The number of Topliss-reactive ketones (excluding diaryl/α,β-unsaturated/α-hetero) is 1. The number of carbonyl (C=O) groups excluding carboxylic acids is 2. The zero-order valence-corrected chi connectivity index (χ0v) is 30.6. The van der Waals surface area contributed by atoms with E-state index in [4.69, 9.17) is 0 Å². The molecule has 0 aliphatic rings. The predicted octanol–water partition coefficient (Wildman–Crippen LogP) is 7.38. The molecule has 0 heterocycles. The lowest BCUT2D eigenvalue weighted by molar-refractivity contribution is 0.0597. The molecule has 25 heteroatoms. The van der Waals surface area contributed by atoms with Gasteiger partial charge < -0.3 is 4.74 Å². The van der Waals surface area contributed by atoms with Crippen LogP contribution in [0.15, 0.2) is 24.3 Å². The minimum atomic E-state index is -7.22. The SMILES string of the molecule is COC(=O)c1ccccc1C(=O)C[S+](C)C.Fc1c(F)c(F)c([B-](c2c(F)c(F)c(F)c(F)c2F)(c2c(F)c(F)c(F)c(F)c2F)c2c(F)c(F)c(F)c(F)c2F)c(F)c1F. The Hall–Kier alpha value is -5.75. The smallest absolute Gasteiger partial charge is 0.338 e. The number of benzene rings is 5. The number of ether oxygens (including phenoxy) is 1. The quantitative estimate of drug-likeness (QED) is 0.0311. The van der Waals surface area contributed by atoms with Crippen LogP contribution in [0.2, 0.25) is 0 Å². The minimum absolute atomic E-state index is 0.00525. The van der Waals surface area contributed by atoms with E-state index in [0.29, 0.717) is 16.9 Å². The van der Waals surface area contributed by atoms with Gasteiger partial charge >= 0.3 is 5.97 Å². The molecular weight excluding hydrogens is 903 g/mol. The van der Waals surface area contributed by atoms with Crippen LogP contribution < -0.4 is 21.9 Å². The molecule has 0 N–H and O–H groups in total. The van der Waals surface area contributed by atoms with E-state index in [0.717, 1.165) is 0 Å². The van der Waals surface area contributed by atoms with Gasteiger partial charge in [0.1, 0.15) is 52.7 Å². The summed E-state index contributed by atoms with van der Waals surface area (Å²) < 4.78 is 299. The summed E-state index contributed by atoms with van der Waals surface area (Å²) in [5.74, 6) is -71.4. The highest BCUT2D eigenvalue weighted by Gasteiger charge is 2.52. The van der Waals surface area contributed by atoms with E-state index >= 15 is 35.1 Å². The van der Waals surface area contributed by atoms with Crippen LogP contribution in [0.25, 0.3) is 0 Å². The summed E-state index contributed by atoms with van der Waals surface area (Å²) in [6.07, 6.45) is -3.22. The van der Waals surface area contributed by atoms with Crippen molar-refractivity contribution in [2.75, 3.05) is 25.4 Å². The molecule has 0 amide bonds. The van der Waals surface area contributed by atoms with Gasteiger partial charge in [-0.25, -0.2) is 92.6 Å². The van der Waals surface area contributed by atoms with E-state index in [2.05, 4.69) is 4.74 Å². The fourth-order valence-electron chi connectivity index (χ4n) is 6.23. The number of rotatable bonds is 8. The van der Waals surface area contributed by atoms with Gasteiger partial charge in [0.2, 0.25) is 5.78 Å². The van der Waals surface area contributed by atoms with Crippen molar-refractivity contribution >= 4 is 50.6 Å². The van der Waals surface area contributed by atoms with E-state index in [1.165, 1.54) is 7.11 Å². The highest BCUT2D eigenvalue weighted by molar-refractivity contribution is 7.96. The van der Waals surface area contributed by atoms with E-state index in [1.807, 2.05) is 12.5 Å². The van der Waals surface area contributed by atoms with Crippen molar-refractivity contribution in [3.63, 3.8) is 0 Å². The molecule has 0 aromatic heterocycles. The van der Waals surface area contributed by atoms with Crippen molar-refractivity contribution in [1.29, 1.82) is 0 Å². The first-order chi connectivity index (χ1) is 28.3. The third-order valence-corrected chi connectivity index (χ3v) is 9.60. The third kappa shape index (κ3) is 7.64. The summed E-state index contributed by atoms with van der Waals surface area (Å²) in [6.45, 7) is 0. The number of esters is 1. The van der Waals surface area contributed by atoms with Crippen LogP contribution in [0.3, 0.4) is 0 Å². The first-order valence-corrected chi connectivity index (χ1v) is 18.0. The van der Waals surface area contributed by atoms with Gasteiger partial charge in [0.25, 0.3) is 0 Å². The molecule has 0 aliphatic carbocycles. The van der Waals surface area contributed by atoms with Gasteiger partial charge in [-0.15, -0.1) is 21.9 Å². The molecule has 0 radical (unpaired) electrons. The molecule has 0 aliphatic heterocycles. The lowest BCUT2D eigenvalue weighted by atomic mass is 9.12. The Labute approximate surface area is 329 Å². The van der Waals surface area contributed by atoms with Gasteiger partial charge in [0.15, 0.2) is 75.6 Å². The molecule has 5 aromatic carbocycles. The number of hydrogen-bond acceptors (Lipinski definition) is 3. The zero-order valence-electron chi connectivity index (χ0n) is 29.8. The highest BCUT2D eigenvalue weighted by atomic mass is 32.2. The third-order valence-electron chi connectivity index (χ3n) is 8.76. The molecule has 0 bridgehead atoms. The molecule has 0 spiro atoms. The standard InChI is InChI=1S/C24BF20.C12H15O3S/c26-5-1(6(27)14(35)21(42)13(5)34)25(2-7(28)15(36)22(43)16(37)8(2)29,3-9(30)17(38)23(44)18(39)10(3)31)4-11(32)19(40)24(45)20(41)12(4)33;1-15-12(14)10-7-5-4-6-9(10)11(13)8-16(2)3/h;4-7H,8H2,1-3H3/q-1;+1. The second-order valence-electron chi connectivity index (χ2n) is 12.4. The molecule has 0 atom stereocenters. The van der Waals surface area contributed by atoms with E-state index < -0.39 is 150 Å². The fourth-order valence-corrected chi connectivity index (χ4v) is 6.91. The Morgan fingerprint density at radius 1 is 0.410 bits per heavy atom. The zero-order chi connectivity index (χ0) is 46.5. The Balaban J connectivity index is 0.000000430. The van der Waals surface area contributed by atoms with E-state index in [1.54, 1.807) is 24.3 Å². The Kier molecular flexibility index (Phi) is 13.9. The predicted molar refractivity (Wildman–Crippen MR) is 175 cm³/mol. The fraction of sp³-hybridized carbons (Fsp3) is 0.111. The largest absolute Gasteiger partial charge is 0.465 e. The molecule has 0 saturated carbocycles. The lowest BCUT2D eigenvalue weighted by Gasteiger charge is -2.44. The Morgan fingerprint density at radius 3 is 0.836 bits per heavy atom. The first-order valence-electron chi connectivity index (χ1n) is 15.7. The number of hydrogen-bond donors (Lipinski definition) is 0. The summed E-state index contributed by atoms with van der Waals surface area (Å²) >= 11 is 0. The Bertz CT molecular complexity index is 2260. The lowest BCUT2D eigenvalue weighted by Crippen LogP contribution is -2.81. The number of ketones is 1.